The normalized spacial score (nSPS) is 17.7. The second-order valence-electron chi connectivity index (χ2n) is 7.28. The van der Waals surface area contributed by atoms with E-state index in [9.17, 15) is 13.2 Å². The van der Waals surface area contributed by atoms with Gasteiger partial charge in [0.15, 0.2) is 0 Å². The van der Waals surface area contributed by atoms with Gasteiger partial charge in [-0.1, -0.05) is 35.3 Å². The molecule has 0 bridgehead atoms. The summed E-state index contributed by atoms with van der Waals surface area (Å²) in [6, 6.07) is 8.21. The van der Waals surface area contributed by atoms with Crippen LogP contribution in [0, 0.1) is 13.8 Å². The van der Waals surface area contributed by atoms with E-state index in [2.05, 4.69) is 15.5 Å². The number of hydrogen-bond acceptors (Lipinski definition) is 7. The van der Waals surface area contributed by atoms with Crippen molar-refractivity contribution in [3.05, 3.63) is 46.8 Å². The number of carbonyl (C=O) groups is 1. The summed E-state index contributed by atoms with van der Waals surface area (Å²) in [6.07, 6.45) is 1.92. The SMILES string of the molecule is Cc1ccc(-c2nnc(NC(=O)C3CCCCN3S(=O)(=O)c3cccs3)o2)c(C)c1. The predicted octanol–water partition coefficient (Wildman–Crippen LogP) is 3.60. The molecule has 0 saturated carbocycles. The minimum atomic E-state index is -3.73. The summed E-state index contributed by atoms with van der Waals surface area (Å²) in [5, 5.41) is 12.2. The molecular formula is C20H22N4O4S2. The van der Waals surface area contributed by atoms with Crippen molar-refractivity contribution in [3.8, 4) is 11.5 Å². The van der Waals surface area contributed by atoms with Gasteiger partial charge in [-0.2, -0.15) is 4.31 Å². The van der Waals surface area contributed by atoms with Gasteiger partial charge < -0.3 is 4.42 Å². The third-order valence-electron chi connectivity index (χ3n) is 5.08. The van der Waals surface area contributed by atoms with Gasteiger partial charge >= 0.3 is 6.01 Å². The van der Waals surface area contributed by atoms with Gasteiger partial charge in [0.25, 0.3) is 10.0 Å². The molecule has 1 unspecified atom stereocenters. The van der Waals surface area contributed by atoms with E-state index in [4.69, 9.17) is 4.42 Å². The zero-order valence-electron chi connectivity index (χ0n) is 16.7. The van der Waals surface area contributed by atoms with Crippen molar-refractivity contribution in [2.24, 2.45) is 0 Å². The van der Waals surface area contributed by atoms with E-state index < -0.39 is 22.0 Å². The Morgan fingerprint density at radius 3 is 2.80 bits per heavy atom. The van der Waals surface area contributed by atoms with Crippen LogP contribution in [0.25, 0.3) is 11.5 Å². The molecule has 1 aliphatic rings. The number of rotatable bonds is 5. The van der Waals surface area contributed by atoms with E-state index in [0.29, 0.717) is 25.3 Å². The van der Waals surface area contributed by atoms with Crippen molar-refractivity contribution < 1.29 is 17.6 Å². The quantitative estimate of drug-likeness (QED) is 0.642. The molecule has 0 aliphatic carbocycles. The molecule has 8 nitrogen and oxygen atoms in total. The molecule has 1 saturated heterocycles. The maximum Gasteiger partial charge on any atom is 0.322 e. The lowest BCUT2D eigenvalue weighted by molar-refractivity contribution is -0.120. The van der Waals surface area contributed by atoms with Crippen LogP contribution in [-0.4, -0.2) is 41.4 Å². The number of sulfonamides is 1. The van der Waals surface area contributed by atoms with Crippen LogP contribution in [0.4, 0.5) is 6.01 Å². The van der Waals surface area contributed by atoms with Crippen molar-refractivity contribution in [1.82, 2.24) is 14.5 Å². The lowest BCUT2D eigenvalue weighted by Gasteiger charge is -2.32. The molecule has 10 heteroatoms. The summed E-state index contributed by atoms with van der Waals surface area (Å²) in [6.45, 7) is 4.24. The maximum atomic E-state index is 13.0. The van der Waals surface area contributed by atoms with Gasteiger partial charge in [0, 0.05) is 12.1 Å². The molecule has 1 amide bonds. The molecular weight excluding hydrogens is 424 g/mol. The molecule has 30 heavy (non-hydrogen) atoms. The summed E-state index contributed by atoms with van der Waals surface area (Å²) < 4.78 is 33.1. The Kier molecular flexibility index (Phi) is 5.72. The Hall–Kier alpha value is -2.56. The first kappa shape index (κ1) is 20.7. The molecule has 1 aliphatic heterocycles. The van der Waals surface area contributed by atoms with Crippen molar-refractivity contribution in [1.29, 1.82) is 0 Å². The number of piperidine rings is 1. The second-order valence-corrected chi connectivity index (χ2v) is 10.3. The third kappa shape index (κ3) is 4.03. The van der Waals surface area contributed by atoms with Crippen molar-refractivity contribution in [3.63, 3.8) is 0 Å². The summed E-state index contributed by atoms with van der Waals surface area (Å²) in [5.41, 5.74) is 2.89. The fourth-order valence-electron chi connectivity index (χ4n) is 3.61. The van der Waals surface area contributed by atoms with E-state index in [-0.39, 0.29) is 10.2 Å². The maximum absolute atomic E-state index is 13.0. The van der Waals surface area contributed by atoms with Gasteiger partial charge in [-0.25, -0.2) is 8.42 Å². The van der Waals surface area contributed by atoms with E-state index in [1.165, 1.54) is 4.31 Å². The number of aromatic nitrogens is 2. The monoisotopic (exact) mass is 446 g/mol. The Bertz CT molecular complexity index is 1160. The van der Waals surface area contributed by atoms with Gasteiger partial charge in [-0.3, -0.25) is 10.1 Å². The number of carbonyl (C=O) groups excluding carboxylic acids is 1. The average molecular weight is 447 g/mol. The molecule has 3 heterocycles. The van der Waals surface area contributed by atoms with Crippen LogP contribution >= 0.6 is 11.3 Å². The smallest absolute Gasteiger partial charge is 0.322 e. The number of nitrogens with one attached hydrogen (secondary N) is 1. The zero-order valence-corrected chi connectivity index (χ0v) is 18.3. The summed E-state index contributed by atoms with van der Waals surface area (Å²) >= 11 is 1.14. The summed E-state index contributed by atoms with van der Waals surface area (Å²) in [5.74, 6) is -0.167. The van der Waals surface area contributed by atoms with Crippen LogP contribution in [0.1, 0.15) is 30.4 Å². The molecule has 1 atom stereocenters. The van der Waals surface area contributed by atoms with Crippen LogP contribution in [0.2, 0.25) is 0 Å². The number of aryl methyl sites for hydroxylation is 2. The third-order valence-corrected chi connectivity index (χ3v) is 8.36. The average Bonchev–Trinajstić information content (AvgIpc) is 3.41. The highest BCUT2D eigenvalue weighted by atomic mass is 32.2. The highest BCUT2D eigenvalue weighted by Crippen LogP contribution is 2.29. The number of anilines is 1. The van der Waals surface area contributed by atoms with Crippen LogP contribution in [0.5, 0.6) is 0 Å². The standard InChI is InChI=1S/C20H22N4O4S2/c1-13-8-9-15(14(2)12-13)19-22-23-20(28-19)21-18(25)16-6-3-4-10-24(16)30(26,27)17-7-5-11-29-17/h5,7-9,11-12,16H,3-4,6,10H2,1-2H3,(H,21,23,25). The van der Waals surface area contributed by atoms with Crippen LogP contribution < -0.4 is 5.32 Å². The Labute approximate surface area is 179 Å². The minimum absolute atomic E-state index is 0.0472. The Morgan fingerprint density at radius 1 is 1.23 bits per heavy atom. The fraction of sp³-hybridized carbons (Fsp3) is 0.350. The molecule has 1 fully saturated rings. The van der Waals surface area contributed by atoms with Crippen molar-refractivity contribution in [2.45, 2.75) is 43.4 Å². The van der Waals surface area contributed by atoms with E-state index in [1.807, 2.05) is 32.0 Å². The Morgan fingerprint density at radius 2 is 2.07 bits per heavy atom. The lowest BCUT2D eigenvalue weighted by Crippen LogP contribution is -2.49. The van der Waals surface area contributed by atoms with Gasteiger partial charge in [-0.15, -0.1) is 16.4 Å². The largest absolute Gasteiger partial charge is 0.403 e. The molecule has 3 aromatic rings. The molecule has 0 spiro atoms. The molecule has 4 rings (SSSR count). The number of benzene rings is 1. The van der Waals surface area contributed by atoms with Gasteiger partial charge in [0.1, 0.15) is 10.3 Å². The number of amides is 1. The van der Waals surface area contributed by atoms with E-state index >= 15 is 0 Å². The first-order valence-corrected chi connectivity index (χ1v) is 12.0. The summed E-state index contributed by atoms with van der Waals surface area (Å²) in [7, 11) is -3.73. The minimum Gasteiger partial charge on any atom is -0.403 e. The first-order valence-electron chi connectivity index (χ1n) is 9.63. The van der Waals surface area contributed by atoms with Crippen LogP contribution in [-0.2, 0) is 14.8 Å². The number of hydrogen-bond donors (Lipinski definition) is 1. The topological polar surface area (TPSA) is 105 Å². The van der Waals surface area contributed by atoms with E-state index in [0.717, 1.165) is 34.4 Å². The molecule has 1 N–H and O–H groups in total. The summed E-state index contributed by atoms with van der Waals surface area (Å²) in [4.78, 5) is 12.9. The Balaban J connectivity index is 1.53. The molecule has 158 valence electrons. The predicted molar refractivity (Wildman–Crippen MR) is 114 cm³/mol. The van der Waals surface area contributed by atoms with E-state index in [1.54, 1.807) is 17.5 Å². The van der Waals surface area contributed by atoms with Gasteiger partial charge in [0.05, 0.1) is 0 Å². The number of thiophene rings is 1. The number of nitrogens with zero attached hydrogens (tertiary/aromatic N) is 3. The first-order chi connectivity index (χ1) is 14.4. The van der Waals surface area contributed by atoms with Crippen molar-refractivity contribution in [2.75, 3.05) is 11.9 Å². The van der Waals surface area contributed by atoms with Gasteiger partial charge in [0.2, 0.25) is 11.8 Å². The highest BCUT2D eigenvalue weighted by molar-refractivity contribution is 7.91. The molecule has 2 aromatic heterocycles. The highest BCUT2D eigenvalue weighted by Gasteiger charge is 2.38. The lowest BCUT2D eigenvalue weighted by atomic mass is 10.0. The molecule has 1 aromatic carbocycles. The van der Waals surface area contributed by atoms with Crippen LogP contribution in [0.3, 0.4) is 0 Å². The van der Waals surface area contributed by atoms with Crippen LogP contribution in [0.15, 0.2) is 44.3 Å². The zero-order chi connectivity index (χ0) is 21.3. The fourth-order valence-corrected chi connectivity index (χ4v) is 6.38. The molecule has 0 radical (unpaired) electrons. The van der Waals surface area contributed by atoms with Crippen molar-refractivity contribution >= 4 is 33.3 Å². The second kappa shape index (κ2) is 8.29. The van der Waals surface area contributed by atoms with Gasteiger partial charge in [-0.05, 0) is 49.8 Å².